The maximum absolute atomic E-state index is 9.31. The van der Waals surface area contributed by atoms with Crippen molar-refractivity contribution in [1.82, 2.24) is 0 Å². The van der Waals surface area contributed by atoms with Crippen molar-refractivity contribution in [2.75, 3.05) is 7.05 Å². The lowest BCUT2D eigenvalue weighted by Gasteiger charge is -1.98. The Morgan fingerprint density at radius 1 is 1.58 bits per heavy atom. The topological polar surface area (TPSA) is 56.4 Å². The molecular weight excluding hydrogens is 152 g/mol. The van der Waals surface area contributed by atoms with Crippen LogP contribution in [0.3, 0.4) is 0 Å². The van der Waals surface area contributed by atoms with Crippen LogP contribution in [0.5, 0.6) is 5.75 Å². The summed E-state index contributed by atoms with van der Waals surface area (Å²) in [6.07, 6.45) is 1.47. The second kappa shape index (κ2) is 3.54. The average molecular weight is 160 g/mol. The van der Waals surface area contributed by atoms with Gasteiger partial charge in [-0.25, -0.2) is 0 Å². The van der Waals surface area contributed by atoms with E-state index in [1.165, 1.54) is 12.3 Å². The fourth-order valence-electron chi connectivity index (χ4n) is 0.915. The van der Waals surface area contributed by atoms with Crippen LogP contribution in [0, 0.1) is 11.3 Å². The molecule has 0 unspecified atom stereocenters. The van der Waals surface area contributed by atoms with Crippen molar-refractivity contribution in [3.63, 3.8) is 0 Å². The van der Waals surface area contributed by atoms with E-state index in [0.717, 1.165) is 0 Å². The molecule has 0 aliphatic carbocycles. The summed E-state index contributed by atoms with van der Waals surface area (Å²) in [6.45, 7) is 0. The lowest BCUT2D eigenvalue weighted by Crippen LogP contribution is -1.87. The smallest absolute Gasteiger partial charge is 0.125 e. The molecule has 0 heterocycles. The van der Waals surface area contributed by atoms with Crippen LogP contribution >= 0.6 is 0 Å². The summed E-state index contributed by atoms with van der Waals surface area (Å²) in [5.74, 6) is 0.0830. The van der Waals surface area contributed by atoms with Crippen LogP contribution in [-0.4, -0.2) is 18.4 Å². The van der Waals surface area contributed by atoms with Crippen LogP contribution in [0.4, 0.5) is 0 Å². The van der Waals surface area contributed by atoms with Gasteiger partial charge in [0.1, 0.15) is 5.75 Å². The number of phenols is 1. The minimum Gasteiger partial charge on any atom is -0.507 e. The zero-order valence-corrected chi connectivity index (χ0v) is 6.65. The molecule has 0 aliphatic rings. The van der Waals surface area contributed by atoms with E-state index in [0.29, 0.717) is 11.1 Å². The van der Waals surface area contributed by atoms with Crippen molar-refractivity contribution in [3.05, 3.63) is 29.3 Å². The van der Waals surface area contributed by atoms with E-state index in [4.69, 9.17) is 5.26 Å². The molecule has 0 saturated heterocycles. The molecule has 0 aromatic heterocycles. The number of nitriles is 1. The molecule has 1 N–H and O–H groups in total. The van der Waals surface area contributed by atoms with E-state index in [1.807, 2.05) is 6.07 Å². The molecule has 3 nitrogen and oxygen atoms in total. The third-order valence-corrected chi connectivity index (χ3v) is 1.46. The van der Waals surface area contributed by atoms with Gasteiger partial charge in [-0.1, -0.05) is 6.07 Å². The predicted molar refractivity (Wildman–Crippen MR) is 46.3 cm³/mol. The maximum atomic E-state index is 9.31. The zero-order chi connectivity index (χ0) is 8.97. The van der Waals surface area contributed by atoms with E-state index < -0.39 is 0 Å². The summed E-state index contributed by atoms with van der Waals surface area (Å²) < 4.78 is 0. The Balaban J connectivity index is 3.32. The van der Waals surface area contributed by atoms with Crippen molar-refractivity contribution in [2.45, 2.75) is 0 Å². The van der Waals surface area contributed by atoms with Gasteiger partial charge in [-0.3, -0.25) is 4.99 Å². The lowest BCUT2D eigenvalue weighted by atomic mass is 10.1. The largest absolute Gasteiger partial charge is 0.507 e. The Labute approximate surface area is 70.6 Å². The maximum Gasteiger partial charge on any atom is 0.125 e. The summed E-state index contributed by atoms with van der Waals surface area (Å²) in [5.41, 5.74) is 0.906. The normalized spacial score (nSPS) is 10.0. The number of hydrogen-bond donors (Lipinski definition) is 1. The number of aliphatic imine (C=N–C) groups is 1. The monoisotopic (exact) mass is 160 g/mol. The third-order valence-electron chi connectivity index (χ3n) is 1.46. The van der Waals surface area contributed by atoms with Crippen LogP contribution in [0.15, 0.2) is 23.2 Å². The highest BCUT2D eigenvalue weighted by Crippen LogP contribution is 2.17. The molecule has 0 atom stereocenters. The van der Waals surface area contributed by atoms with Crippen LogP contribution in [-0.2, 0) is 0 Å². The molecule has 0 bridgehead atoms. The third kappa shape index (κ3) is 1.43. The van der Waals surface area contributed by atoms with Gasteiger partial charge in [-0.15, -0.1) is 0 Å². The summed E-state index contributed by atoms with van der Waals surface area (Å²) in [5, 5.41) is 18.0. The first-order valence-electron chi connectivity index (χ1n) is 3.44. The van der Waals surface area contributed by atoms with E-state index in [9.17, 15) is 5.11 Å². The van der Waals surface area contributed by atoms with Crippen molar-refractivity contribution >= 4 is 6.21 Å². The van der Waals surface area contributed by atoms with Crippen LogP contribution in [0.25, 0.3) is 0 Å². The van der Waals surface area contributed by atoms with Gasteiger partial charge in [-0.2, -0.15) is 5.26 Å². The molecular formula is C9H8N2O. The van der Waals surface area contributed by atoms with Crippen LogP contribution in [0.2, 0.25) is 0 Å². The number of phenolic OH excluding ortho intramolecular Hbond substituents is 1. The Morgan fingerprint density at radius 2 is 2.33 bits per heavy atom. The Kier molecular flexibility index (Phi) is 2.44. The highest BCUT2D eigenvalue weighted by Gasteiger charge is 2.02. The fourth-order valence-corrected chi connectivity index (χ4v) is 0.915. The number of nitrogens with zero attached hydrogens (tertiary/aromatic N) is 2. The molecule has 0 spiro atoms. The van der Waals surface area contributed by atoms with Crippen molar-refractivity contribution in [2.24, 2.45) is 4.99 Å². The minimum absolute atomic E-state index is 0.0830. The van der Waals surface area contributed by atoms with Gasteiger partial charge in [0.2, 0.25) is 0 Å². The van der Waals surface area contributed by atoms with Gasteiger partial charge >= 0.3 is 0 Å². The second-order valence-electron chi connectivity index (χ2n) is 2.24. The van der Waals surface area contributed by atoms with Gasteiger partial charge in [0.05, 0.1) is 17.2 Å². The molecule has 0 amide bonds. The molecule has 60 valence electrons. The highest BCUT2D eigenvalue weighted by molar-refractivity contribution is 5.86. The average Bonchev–Trinajstić information content (AvgIpc) is 2.09. The number of rotatable bonds is 1. The van der Waals surface area contributed by atoms with Crippen LogP contribution in [0.1, 0.15) is 11.1 Å². The van der Waals surface area contributed by atoms with E-state index >= 15 is 0 Å². The van der Waals surface area contributed by atoms with E-state index in [-0.39, 0.29) is 5.75 Å². The molecule has 0 saturated carbocycles. The molecule has 1 aromatic carbocycles. The first-order valence-corrected chi connectivity index (χ1v) is 3.44. The quantitative estimate of drug-likeness (QED) is 0.630. The molecule has 1 rings (SSSR count). The SMILES string of the molecule is CN=Cc1c(O)cccc1C#N. The minimum atomic E-state index is 0.0830. The summed E-state index contributed by atoms with van der Waals surface area (Å²) in [7, 11) is 1.59. The molecule has 3 heteroatoms. The predicted octanol–water partition coefficient (Wildman–Crippen LogP) is 1.31. The van der Waals surface area contributed by atoms with Gasteiger partial charge in [0.25, 0.3) is 0 Å². The first kappa shape index (κ1) is 8.28. The molecule has 0 fully saturated rings. The highest BCUT2D eigenvalue weighted by atomic mass is 16.3. The summed E-state index contributed by atoms with van der Waals surface area (Å²) >= 11 is 0. The van der Waals surface area contributed by atoms with Crippen LogP contribution < -0.4 is 0 Å². The molecule has 0 aliphatic heterocycles. The lowest BCUT2D eigenvalue weighted by molar-refractivity contribution is 0.474. The Hall–Kier alpha value is -1.82. The number of hydrogen-bond acceptors (Lipinski definition) is 3. The number of benzene rings is 1. The van der Waals surface area contributed by atoms with Crippen molar-refractivity contribution in [1.29, 1.82) is 5.26 Å². The Morgan fingerprint density at radius 3 is 2.92 bits per heavy atom. The van der Waals surface area contributed by atoms with Crippen molar-refractivity contribution in [3.8, 4) is 11.8 Å². The summed E-state index contributed by atoms with van der Waals surface area (Å²) in [6, 6.07) is 6.76. The number of aromatic hydroxyl groups is 1. The second-order valence-corrected chi connectivity index (χ2v) is 2.24. The van der Waals surface area contributed by atoms with Gasteiger partial charge in [-0.05, 0) is 12.1 Å². The Bertz CT molecular complexity index is 350. The van der Waals surface area contributed by atoms with Crippen molar-refractivity contribution < 1.29 is 5.11 Å². The molecule has 1 aromatic rings. The van der Waals surface area contributed by atoms with Gasteiger partial charge in [0, 0.05) is 13.3 Å². The first-order chi connectivity index (χ1) is 5.79. The molecule has 0 radical (unpaired) electrons. The van der Waals surface area contributed by atoms with E-state index in [2.05, 4.69) is 4.99 Å². The van der Waals surface area contributed by atoms with E-state index in [1.54, 1.807) is 19.2 Å². The molecule has 12 heavy (non-hydrogen) atoms. The van der Waals surface area contributed by atoms with Gasteiger partial charge in [0.15, 0.2) is 0 Å². The summed E-state index contributed by atoms with van der Waals surface area (Å²) in [4.78, 5) is 3.74. The standard InChI is InChI=1S/C9H8N2O/c1-11-6-8-7(5-10)3-2-4-9(8)12/h2-4,6,12H,1H3. The zero-order valence-electron chi connectivity index (χ0n) is 6.65. The fraction of sp³-hybridized carbons (Fsp3) is 0.111. The van der Waals surface area contributed by atoms with Gasteiger partial charge < -0.3 is 5.11 Å².